The number of hydrogen-bond acceptors (Lipinski definition) is 3. The predicted octanol–water partition coefficient (Wildman–Crippen LogP) is 0.500. The topological polar surface area (TPSA) is 64.0 Å². The second kappa shape index (κ2) is 5.14. The van der Waals surface area contributed by atoms with Crippen LogP contribution in [0.4, 0.5) is 0 Å². The number of aryl methyl sites for hydroxylation is 1. The van der Waals surface area contributed by atoms with E-state index in [4.69, 9.17) is 6.42 Å². The molecule has 0 aliphatic heterocycles. The zero-order valence-corrected chi connectivity index (χ0v) is 10.2. The summed E-state index contributed by atoms with van der Waals surface area (Å²) >= 11 is 0. The van der Waals surface area contributed by atoms with Crippen LogP contribution in [-0.4, -0.2) is 24.2 Å². The smallest absolute Gasteiger partial charge is 0.244 e. The standard InChI is InChI=1S/C10H15N3O2S/c1-4-6-9(5-2)12-16(14,15)10-7-11-13(3)8-10/h2,7-9,12H,4,6H2,1,3H3. The maximum absolute atomic E-state index is 11.8. The van der Waals surface area contributed by atoms with E-state index in [0.717, 1.165) is 6.42 Å². The molecule has 1 aromatic rings. The third-order valence-corrected chi connectivity index (χ3v) is 3.49. The largest absolute Gasteiger partial charge is 0.274 e. The molecule has 16 heavy (non-hydrogen) atoms. The molecule has 0 saturated heterocycles. The van der Waals surface area contributed by atoms with Gasteiger partial charge in [0.05, 0.1) is 12.2 Å². The minimum absolute atomic E-state index is 0.131. The lowest BCUT2D eigenvalue weighted by molar-refractivity contribution is 0.564. The van der Waals surface area contributed by atoms with Gasteiger partial charge in [0.1, 0.15) is 4.90 Å². The fourth-order valence-corrected chi connectivity index (χ4v) is 2.43. The van der Waals surface area contributed by atoms with Crippen LogP contribution in [0.15, 0.2) is 17.3 Å². The van der Waals surface area contributed by atoms with Gasteiger partial charge >= 0.3 is 0 Å². The van der Waals surface area contributed by atoms with Gasteiger partial charge in [-0.3, -0.25) is 4.68 Å². The maximum Gasteiger partial charge on any atom is 0.244 e. The maximum atomic E-state index is 11.8. The lowest BCUT2D eigenvalue weighted by Crippen LogP contribution is -2.33. The molecule has 1 N–H and O–H groups in total. The van der Waals surface area contributed by atoms with Crippen molar-refractivity contribution in [2.45, 2.75) is 30.7 Å². The van der Waals surface area contributed by atoms with E-state index in [-0.39, 0.29) is 4.90 Å². The molecule has 1 atom stereocenters. The van der Waals surface area contributed by atoms with Crippen LogP contribution in [0.2, 0.25) is 0 Å². The molecular formula is C10H15N3O2S. The molecule has 1 heterocycles. The van der Waals surface area contributed by atoms with Gasteiger partial charge in [-0.25, -0.2) is 8.42 Å². The van der Waals surface area contributed by atoms with E-state index in [2.05, 4.69) is 15.7 Å². The lowest BCUT2D eigenvalue weighted by atomic mass is 10.2. The van der Waals surface area contributed by atoms with Crippen molar-refractivity contribution in [3.05, 3.63) is 12.4 Å². The monoisotopic (exact) mass is 241 g/mol. The summed E-state index contributed by atoms with van der Waals surface area (Å²) in [5.74, 6) is 2.42. The molecule has 1 unspecified atom stereocenters. The molecule has 0 bridgehead atoms. The molecule has 0 amide bonds. The fraction of sp³-hybridized carbons (Fsp3) is 0.500. The van der Waals surface area contributed by atoms with Crippen molar-refractivity contribution in [1.82, 2.24) is 14.5 Å². The molecule has 0 radical (unpaired) electrons. The van der Waals surface area contributed by atoms with Crippen molar-refractivity contribution in [2.24, 2.45) is 7.05 Å². The Kier molecular flexibility index (Phi) is 4.10. The number of nitrogens with one attached hydrogen (secondary N) is 1. The Labute approximate surface area is 95.9 Å². The van der Waals surface area contributed by atoms with E-state index >= 15 is 0 Å². The van der Waals surface area contributed by atoms with E-state index in [1.807, 2.05) is 6.92 Å². The van der Waals surface area contributed by atoms with Gasteiger partial charge in [0, 0.05) is 13.2 Å². The summed E-state index contributed by atoms with van der Waals surface area (Å²) in [4.78, 5) is 0.131. The normalized spacial score (nSPS) is 13.3. The number of terminal acetylenes is 1. The summed E-state index contributed by atoms with van der Waals surface area (Å²) in [7, 11) is -1.89. The predicted molar refractivity (Wildman–Crippen MR) is 61.1 cm³/mol. The molecule has 0 saturated carbocycles. The first-order chi connectivity index (χ1) is 7.49. The quantitative estimate of drug-likeness (QED) is 0.763. The minimum Gasteiger partial charge on any atom is -0.274 e. The number of aromatic nitrogens is 2. The lowest BCUT2D eigenvalue weighted by Gasteiger charge is -2.10. The van der Waals surface area contributed by atoms with Gasteiger partial charge in [-0.1, -0.05) is 19.3 Å². The second-order valence-electron chi connectivity index (χ2n) is 3.48. The van der Waals surface area contributed by atoms with E-state index in [9.17, 15) is 8.42 Å². The SMILES string of the molecule is C#CC(CCC)NS(=O)(=O)c1cnn(C)c1. The summed E-state index contributed by atoms with van der Waals surface area (Å²) in [6.07, 6.45) is 9.42. The Morgan fingerprint density at radius 1 is 1.69 bits per heavy atom. The van der Waals surface area contributed by atoms with Crippen molar-refractivity contribution in [1.29, 1.82) is 0 Å². The molecule has 6 heteroatoms. The van der Waals surface area contributed by atoms with Crippen LogP contribution in [-0.2, 0) is 17.1 Å². The fourth-order valence-electron chi connectivity index (χ4n) is 1.26. The average molecular weight is 241 g/mol. The summed E-state index contributed by atoms with van der Waals surface area (Å²) in [6.45, 7) is 1.95. The first-order valence-corrected chi connectivity index (χ1v) is 6.45. The van der Waals surface area contributed by atoms with E-state index in [1.165, 1.54) is 17.1 Å². The molecule has 0 aromatic carbocycles. The van der Waals surface area contributed by atoms with Crippen LogP contribution >= 0.6 is 0 Å². The Hall–Kier alpha value is -1.32. The van der Waals surface area contributed by atoms with Crippen LogP contribution in [0.5, 0.6) is 0 Å². The van der Waals surface area contributed by atoms with Crippen LogP contribution in [0.1, 0.15) is 19.8 Å². The Morgan fingerprint density at radius 2 is 2.38 bits per heavy atom. The number of nitrogens with zero attached hydrogens (tertiary/aromatic N) is 2. The molecule has 0 aliphatic rings. The van der Waals surface area contributed by atoms with E-state index < -0.39 is 16.1 Å². The number of hydrogen-bond donors (Lipinski definition) is 1. The van der Waals surface area contributed by atoms with Gasteiger partial charge in [-0.15, -0.1) is 6.42 Å². The highest BCUT2D eigenvalue weighted by Crippen LogP contribution is 2.08. The molecule has 1 rings (SSSR count). The van der Waals surface area contributed by atoms with Crippen LogP contribution in [0.3, 0.4) is 0 Å². The van der Waals surface area contributed by atoms with Crippen molar-refractivity contribution in [3.8, 4) is 12.3 Å². The van der Waals surface area contributed by atoms with Gasteiger partial charge in [-0.2, -0.15) is 9.82 Å². The second-order valence-corrected chi connectivity index (χ2v) is 5.19. The van der Waals surface area contributed by atoms with Crippen molar-refractivity contribution in [2.75, 3.05) is 0 Å². The first-order valence-electron chi connectivity index (χ1n) is 4.96. The minimum atomic E-state index is -3.55. The van der Waals surface area contributed by atoms with Crippen molar-refractivity contribution < 1.29 is 8.42 Å². The van der Waals surface area contributed by atoms with Crippen molar-refractivity contribution >= 4 is 10.0 Å². The molecular weight excluding hydrogens is 226 g/mol. The third-order valence-electron chi connectivity index (χ3n) is 2.07. The average Bonchev–Trinajstić information content (AvgIpc) is 2.64. The Balaban J connectivity index is 2.84. The highest BCUT2D eigenvalue weighted by atomic mass is 32.2. The Morgan fingerprint density at radius 3 is 2.81 bits per heavy atom. The van der Waals surface area contributed by atoms with Gasteiger partial charge in [0.25, 0.3) is 0 Å². The van der Waals surface area contributed by atoms with Crippen LogP contribution < -0.4 is 4.72 Å². The van der Waals surface area contributed by atoms with Gasteiger partial charge < -0.3 is 0 Å². The van der Waals surface area contributed by atoms with Crippen LogP contribution in [0.25, 0.3) is 0 Å². The summed E-state index contributed by atoms with van der Waals surface area (Å²) < 4.78 is 27.5. The first kappa shape index (κ1) is 12.7. The molecule has 0 aliphatic carbocycles. The zero-order chi connectivity index (χ0) is 12.2. The van der Waals surface area contributed by atoms with E-state index in [0.29, 0.717) is 6.42 Å². The highest BCUT2D eigenvalue weighted by Gasteiger charge is 2.19. The highest BCUT2D eigenvalue weighted by molar-refractivity contribution is 7.89. The summed E-state index contributed by atoms with van der Waals surface area (Å²) in [5.41, 5.74) is 0. The van der Waals surface area contributed by atoms with Crippen molar-refractivity contribution in [3.63, 3.8) is 0 Å². The van der Waals surface area contributed by atoms with Gasteiger partial charge in [-0.05, 0) is 6.42 Å². The van der Waals surface area contributed by atoms with Gasteiger partial charge in [0.15, 0.2) is 0 Å². The summed E-state index contributed by atoms with van der Waals surface area (Å²) in [5, 5.41) is 3.81. The third kappa shape index (κ3) is 3.08. The zero-order valence-electron chi connectivity index (χ0n) is 9.34. The number of sulfonamides is 1. The molecule has 1 aromatic heterocycles. The molecule has 0 spiro atoms. The Bertz CT molecular complexity index is 484. The van der Waals surface area contributed by atoms with Gasteiger partial charge in [0.2, 0.25) is 10.0 Å². The molecule has 0 fully saturated rings. The summed E-state index contributed by atoms with van der Waals surface area (Å²) in [6, 6.07) is -0.463. The molecule has 88 valence electrons. The van der Waals surface area contributed by atoms with E-state index in [1.54, 1.807) is 7.05 Å². The molecule has 5 nitrogen and oxygen atoms in total. The van der Waals surface area contributed by atoms with Crippen LogP contribution in [0, 0.1) is 12.3 Å². The number of rotatable bonds is 5.